The lowest BCUT2D eigenvalue weighted by molar-refractivity contribution is -0.117. The fourth-order valence-corrected chi connectivity index (χ4v) is 2.48. The van der Waals surface area contributed by atoms with Gasteiger partial charge in [-0.2, -0.15) is 0 Å². The summed E-state index contributed by atoms with van der Waals surface area (Å²) < 4.78 is 0. The zero-order valence-electron chi connectivity index (χ0n) is 9.33. The van der Waals surface area contributed by atoms with Gasteiger partial charge >= 0.3 is 0 Å². The van der Waals surface area contributed by atoms with Gasteiger partial charge in [0.15, 0.2) is 0 Å². The molecule has 0 aliphatic heterocycles. The monoisotopic (exact) mass is 278 g/mol. The summed E-state index contributed by atoms with van der Waals surface area (Å²) in [7, 11) is 0. The number of amides is 2. The Balaban J connectivity index is 1.81. The second-order valence-corrected chi connectivity index (χ2v) is 5.25. The summed E-state index contributed by atoms with van der Waals surface area (Å²) in [5.74, 6) is -0.491. The maximum atomic E-state index is 11.6. The summed E-state index contributed by atoms with van der Waals surface area (Å²) in [6, 6.07) is 8.93. The van der Waals surface area contributed by atoms with Crippen molar-refractivity contribution in [3.8, 4) is 0 Å². The van der Waals surface area contributed by atoms with Crippen molar-refractivity contribution < 1.29 is 9.59 Å². The van der Waals surface area contributed by atoms with Crippen LogP contribution in [-0.2, 0) is 4.79 Å². The molecule has 2 aromatic rings. The van der Waals surface area contributed by atoms with E-state index in [0.29, 0.717) is 4.88 Å². The lowest BCUT2D eigenvalue weighted by Crippen LogP contribution is -2.31. The number of imide groups is 1. The third kappa shape index (κ3) is 3.68. The van der Waals surface area contributed by atoms with Gasteiger partial charge in [-0.15, -0.1) is 11.3 Å². The summed E-state index contributed by atoms with van der Waals surface area (Å²) in [6.07, 6.45) is 1.66. The Bertz CT molecular complexity index is 526. The molecule has 0 radical (unpaired) electrons. The molecule has 2 amide bonds. The van der Waals surface area contributed by atoms with Crippen LogP contribution in [0.4, 0.5) is 0 Å². The normalized spacial score (nSPS) is 10.0. The maximum Gasteiger partial charge on any atom is 0.267 e. The third-order valence-electron chi connectivity index (χ3n) is 1.99. The molecule has 4 nitrogen and oxygen atoms in total. The van der Waals surface area contributed by atoms with Crippen LogP contribution in [0.1, 0.15) is 9.67 Å². The van der Waals surface area contributed by atoms with E-state index in [-0.39, 0.29) is 17.6 Å². The Kier molecular flexibility index (Phi) is 4.49. The van der Waals surface area contributed by atoms with Gasteiger partial charge in [-0.25, -0.2) is 4.98 Å². The van der Waals surface area contributed by atoms with Crippen LogP contribution in [0, 0.1) is 0 Å². The Hall–Kier alpha value is -1.66. The van der Waals surface area contributed by atoms with Gasteiger partial charge in [-0.05, 0) is 23.6 Å². The second-order valence-electron chi connectivity index (χ2n) is 3.31. The van der Waals surface area contributed by atoms with E-state index in [2.05, 4.69) is 10.3 Å². The van der Waals surface area contributed by atoms with Crippen LogP contribution in [0.5, 0.6) is 0 Å². The van der Waals surface area contributed by atoms with E-state index in [1.54, 1.807) is 23.7 Å². The maximum absolute atomic E-state index is 11.6. The van der Waals surface area contributed by atoms with Crippen molar-refractivity contribution in [3.63, 3.8) is 0 Å². The highest BCUT2D eigenvalue weighted by Gasteiger charge is 2.11. The summed E-state index contributed by atoms with van der Waals surface area (Å²) in [6.45, 7) is 0. The molecular weight excluding hydrogens is 268 g/mol. The fraction of sp³-hybridized carbons (Fsp3) is 0.0833. The highest BCUT2D eigenvalue weighted by Crippen LogP contribution is 2.13. The SMILES string of the molecule is O=C(CSc1ccccn1)NC(=O)c1cccs1. The molecule has 0 aliphatic carbocycles. The molecule has 0 bridgehead atoms. The van der Waals surface area contributed by atoms with Crippen molar-refractivity contribution in [2.45, 2.75) is 5.03 Å². The van der Waals surface area contributed by atoms with Crippen molar-refractivity contribution in [2.75, 3.05) is 5.75 Å². The molecule has 2 rings (SSSR count). The van der Waals surface area contributed by atoms with Gasteiger partial charge in [0.25, 0.3) is 5.91 Å². The molecule has 0 unspecified atom stereocenters. The molecule has 0 saturated heterocycles. The van der Waals surface area contributed by atoms with E-state index in [0.717, 1.165) is 5.03 Å². The number of thiophene rings is 1. The van der Waals surface area contributed by atoms with Crippen molar-refractivity contribution in [1.29, 1.82) is 0 Å². The number of carbonyl (C=O) groups excluding carboxylic acids is 2. The van der Waals surface area contributed by atoms with Crippen LogP contribution in [0.25, 0.3) is 0 Å². The van der Waals surface area contributed by atoms with Crippen molar-refractivity contribution in [2.24, 2.45) is 0 Å². The highest BCUT2D eigenvalue weighted by molar-refractivity contribution is 7.99. The number of hydrogen-bond donors (Lipinski definition) is 1. The molecule has 0 aliphatic rings. The zero-order valence-corrected chi connectivity index (χ0v) is 11.0. The van der Waals surface area contributed by atoms with E-state index in [1.807, 2.05) is 18.2 Å². The zero-order chi connectivity index (χ0) is 12.8. The average Bonchev–Trinajstić information content (AvgIpc) is 2.91. The lowest BCUT2D eigenvalue weighted by atomic mass is 10.4. The van der Waals surface area contributed by atoms with E-state index >= 15 is 0 Å². The molecule has 92 valence electrons. The largest absolute Gasteiger partial charge is 0.291 e. The second kappa shape index (κ2) is 6.32. The minimum atomic E-state index is -0.350. The van der Waals surface area contributed by atoms with Gasteiger partial charge in [0, 0.05) is 6.20 Å². The number of pyridine rings is 1. The van der Waals surface area contributed by atoms with E-state index in [1.165, 1.54) is 23.1 Å². The summed E-state index contributed by atoms with van der Waals surface area (Å²) >= 11 is 2.60. The number of rotatable bonds is 4. The van der Waals surface area contributed by atoms with Crippen molar-refractivity contribution in [3.05, 3.63) is 46.8 Å². The van der Waals surface area contributed by atoms with Crippen LogP contribution in [0.15, 0.2) is 46.9 Å². The molecule has 2 aromatic heterocycles. The number of hydrogen-bond acceptors (Lipinski definition) is 5. The minimum absolute atomic E-state index is 0.175. The van der Waals surface area contributed by atoms with Gasteiger partial charge in [0.1, 0.15) is 0 Å². The predicted molar refractivity (Wildman–Crippen MR) is 71.8 cm³/mol. The van der Waals surface area contributed by atoms with Crippen molar-refractivity contribution in [1.82, 2.24) is 10.3 Å². The molecule has 0 aromatic carbocycles. The molecule has 1 N–H and O–H groups in total. The topological polar surface area (TPSA) is 59.1 Å². The molecule has 0 spiro atoms. The van der Waals surface area contributed by atoms with Gasteiger partial charge in [0.2, 0.25) is 5.91 Å². The molecule has 0 fully saturated rings. The van der Waals surface area contributed by atoms with Crippen LogP contribution in [0.2, 0.25) is 0 Å². The predicted octanol–water partition coefficient (Wildman–Crippen LogP) is 2.19. The van der Waals surface area contributed by atoms with Gasteiger partial charge in [-0.3, -0.25) is 14.9 Å². The average molecular weight is 278 g/mol. The molecule has 0 saturated carbocycles. The van der Waals surface area contributed by atoms with Gasteiger partial charge in [0.05, 0.1) is 15.7 Å². The molecule has 0 atom stereocenters. The van der Waals surface area contributed by atoms with E-state index in [4.69, 9.17) is 0 Å². The summed E-state index contributed by atoms with van der Waals surface area (Å²) in [5.41, 5.74) is 0. The first-order valence-corrected chi connectivity index (χ1v) is 7.04. The third-order valence-corrected chi connectivity index (χ3v) is 3.80. The Labute approximate surface area is 112 Å². The number of nitrogens with zero attached hydrogens (tertiary/aromatic N) is 1. The first-order valence-electron chi connectivity index (χ1n) is 5.17. The number of thioether (sulfide) groups is 1. The fourth-order valence-electron chi connectivity index (χ4n) is 1.20. The van der Waals surface area contributed by atoms with Crippen LogP contribution >= 0.6 is 23.1 Å². The van der Waals surface area contributed by atoms with E-state index in [9.17, 15) is 9.59 Å². The van der Waals surface area contributed by atoms with E-state index < -0.39 is 0 Å². The number of carbonyl (C=O) groups is 2. The van der Waals surface area contributed by atoms with Crippen LogP contribution in [-0.4, -0.2) is 22.6 Å². The Morgan fingerprint density at radius 1 is 1.28 bits per heavy atom. The minimum Gasteiger partial charge on any atom is -0.291 e. The smallest absolute Gasteiger partial charge is 0.267 e. The highest BCUT2D eigenvalue weighted by atomic mass is 32.2. The number of nitrogens with one attached hydrogen (secondary N) is 1. The molecule has 2 heterocycles. The first-order chi connectivity index (χ1) is 8.75. The van der Waals surface area contributed by atoms with Gasteiger partial charge in [-0.1, -0.05) is 23.9 Å². The van der Waals surface area contributed by atoms with Gasteiger partial charge < -0.3 is 0 Å². The van der Waals surface area contributed by atoms with Crippen LogP contribution < -0.4 is 5.32 Å². The quantitative estimate of drug-likeness (QED) is 0.871. The molecular formula is C12H10N2O2S2. The molecule has 18 heavy (non-hydrogen) atoms. The Morgan fingerprint density at radius 3 is 2.83 bits per heavy atom. The lowest BCUT2D eigenvalue weighted by Gasteiger charge is -2.02. The first kappa shape index (κ1) is 12.8. The standard InChI is InChI=1S/C12H10N2O2S2/c15-10(8-18-11-5-1-2-6-13-11)14-12(16)9-4-3-7-17-9/h1-7H,8H2,(H,14,15,16). The van der Waals surface area contributed by atoms with Crippen LogP contribution in [0.3, 0.4) is 0 Å². The van der Waals surface area contributed by atoms with Crippen molar-refractivity contribution >= 4 is 34.9 Å². The number of aromatic nitrogens is 1. The summed E-state index contributed by atoms with van der Waals surface area (Å²) in [5, 5.41) is 4.89. The Morgan fingerprint density at radius 2 is 2.17 bits per heavy atom. The summed E-state index contributed by atoms with van der Waals surface area (Å²) in [4.78, 5) is 27.7. The molecule has 6 heteroatoms.